The predicted molar refractivity (Wildman–Crippen MR) is 54.9 cm³/mol. The van der Waals surface area contributed by atoms with Crippen LogP contribution in [-0.4, -0.2) is 21.0 Å². The van der Waals surface area contributed by atoms with E-state index in [2.05, 4.69) is 15.6 Å². The zero-order chi connectivity index (χ0) is 10.8. The summed E-state index contributed by atoms with van der Waals surface area (Å²) < 4.78 is 1.65. The minimum absolute atomic E-state index is 0.474. The molecule has 7 heteroatoms. The molecule has 0 saturated heterocycles. The Morgan fingerprint density at radius 3 is 3.07 bits per heavy atom. The van der Waals surface area contributed by atoms with Crippen molar-refractivity contribution in [2.45, 2.75) is 0 Å². The number of fused-ring (bicyclic) bond motifs is 1. The molecule has 7 nitrogen and oxygen atoms in total. The van der Waals surface area contributed by atoms with Gasteiger partial charge in [0.15, 0.2) is 0 Å². The van der Waals surface area contributed by atoms with Gasteiger partial charge in [0, 0.05) is 12.7 Å². The van der Waals surface area contributed by atoms with Gasteiger partial charge in [0.05, 0.1) is 5.52 Å². The van der Waals surface area contributed by atoms with E-state index in [0.717, 1.165) is 5.52 Å². The maximum absolute atomic E-state index is 10.9. The molecule has 1 aromatic heterocycles. The lowest BCUT2D eigenvalue weighted by Gasteiger charge is -2.03. The van der Waals surface area contributed by atoms with Crippen LogP contribution >= 0.6 is 0 Å². The Morgan fingerprint density at radius 1 is 1.53 bits per heavy atom. The van der Waals surface area contributed by atoms with Crippen LogP contribution in [0.15, 0.2) is 18.2 Å². The van der Waals surface area contributed by atoms with Gasteiger partial charge in [-0.15, -0.1) is 5.10 Å². The summed E-state index contributed by atoms with van der Waals surface area (Å²) in [4.78, 5) is 10.9. The number of amides is 2. The van der Waals surface area contributed by atoms with Crippen LogP contribution in [0.5, 0.6) is 0 Å². The normalized spacial score (nSPS) is 10.3. The van der Waals surface area contributed by atoms with Gasteiger partial charge >= 0.3 is 6.03 Å². The van der Waals surface area contributed by atoms with E-state index in [0.29, 0.717) is 11.2 Å². The Labute approximate surface area is 85.2 Å². The third kappa shape index (κ3) is 1.72. The summed E-state index contributed by atoms with van der Waals surface area (Å²) in [5.41, 5.74) is 4.20. The summed E-state index contributed by atoms with van der Waals surface area (Å²) >= 11 is 0. The maximum atomic E-state index is 10.9. The molecule has 0 radical (unpaired) electrons. The number of hydrogen-bond acceptors (Lipinski definition) is 4. The molecule has 4 N–H and O–H groups in total. The molecule has 2 aromatic rings. The Morgan fingerprint density at radius 2 is 2.33 bits per heavy atom. The van der Waals surface area contributed by atoms with Crippen LogP contribution in [0.1, 0.15) is 0 Å². The van der Waals surface area contributed by atoms with Crippen LogP contribution in [0.25, 0.3) is 11.0 Å². The highest BCUT2D eigenvalue weighted by Gasteiger charge is 2.04. The quantitative estimate of drug-likeness (QED) is 0.346. The summed E-state index contributed by atoms with van der Waals surface area (Å²) in [5.74, 6) is 4.94. The second kappa shape index (κ2) is 3.54. The lowest BCUT2D eigenvalue weighted by Crippen LogP contribution is -2.34. The van der Waals surface area contributed by atoms with E-state index in [-0.39, 0.29) is 0 Å². The third-order valence-corrected chi connectivity index (χ3v) is 2.00. The van der Waals surface area contributed by atoms with Gasteiger partial charge in [-0.2, -0.15) is 0 Å². The van der Waals surface area contributed by atoms with Gasteiger partial charge in [0.25, 0.3) is 0 Å². The first kappa shape index (κ1) is 9.41. The van der Waals surface area contributed by atoms with E-state index >= 15 is 0 Å². The van der Waals surface area contributed by atoms with Crippen molar-refractivity contribution in [2.75, 3.05) is 5.32 Å². The van der Waals surface area contributed by atoms with Crippen LogP contribution in [0.2, 0.25) is 0 Å². The second-order valence-electron chi connectivity index (χ2n) is 3.02. The van der Waals surface area contributed by atoms with Crippen LogP contribution in [-0.2, 0) is 7.05 Å². The van der Waals surface area contributed by atoms with E-state index in [1.165, 1.54) is 0 Å². The standard InChI is InChI=1S/C8H10N6O/c1-14-7-3-2-5(10-8(15)11-9)4-6(7)12-13-14/h2-4H,9H2,1H3,(H2,10,11,15). The molecular formula is C8H10N6O. The highest BCUT2D eigenvalue weighted by molar-refractivity contribution is 5.91. The van der Waals surface area contributed by atoms with Crippen LogP contribution < -0.4 is 16.6 Å². The van der Waals surface area contributed by atoms with Crippen LogP contribution in [0, 0.1) is 0 Å². The van der Waals surface area contributed by atoms with Gasteiger partial charge < -0.3 is 5.32 Å². The predicted octanol–water partition coefficient (Wildman–Crippen LogP) is -0.0365. The molecule has 78 valence electrons. The Bertz CT molecular complexity index is 505. The number of urea groups is 1. The zero-order valence-corrected chi connectivity index (χ0v) is 8.06. The van der Waals surface area contributed by atoms with Crippen molar-refractivity contribution in [2.24, 2.45) is 12.9 Å². The van der Waals surface area contributed by atoms with Crippen molar-refractivity contribution >= 4 is 22.8 Å². The molecule has 0 saturated carbocycles. The highest BCUT2D eigenvalue weighted by Crippen LogP contribution is 2.15. The van der Waals surface area contributed by atoms with Gasteiger partial charge in [0.1, 0.15) is 5.52 Å². The van der Waals surface area contributed by atoms with Crippen molar-refractivity contribution in [1.82, 2.24) is 20.4 Å². The molecule has 0 fully saturated rings. The van der Waals surface area contributed by atoms with E-state index in [4.69, 9.17) is 5.84 Å². The summed E-state index contributed by atoms with van der Waals surface area (Å²) in [6.07, 6.45) is 0. The Kier molecular flexibility index (Phi) is 2.22. The number of nitrogens with zero attached hydrogens (tertiary/aromatic N) is 3. The Balaban J connectivity index is 2.35. The molecule has 0 aliphatic carbocycles. The number of anilines is 1. The third-order valence-electron chi connectivity index (χ3n) is 2.00. The second-order valence-corrected chi connectivity index (χ2v) is 3.02. The first-order valence-corrected chi connectivity index (χ1v) is 4.28. The van der Waals surface area contributed by atoms with Gasteiger partial charge in [-0.3, -0.25) is 5.43 Å². The van der Waals surface area contributed by atoms with Gasteiger partial charge in [-0.25, -0.2) is 15.3 Å². The molecule has 2 rings (SSSR count). The highest BCUT2D eigenvalue weighted by atomic mass is 16.2. The lowest BCUT2D eigenvalue weighted by atomic mass is 10.3. The van der Waals surface area contributed by atoms with E-state index in [1.54, 1.807) is 23.9 Å². The molecule has 2 amide bonds. The number of aryl methyl sites for hydroxylation is 1. The summed E-state index contributed by atoms with van der Waals surface area (Å²) in [5, 5.41) is 10.3. The molecule has 0 aliphatic heterocycles. The average Bonchev–Trinajstić information content (AvgIpc) is 2.60. The molecule has 15 heavy (non-hydrogen) atoms. The number of aromatic nitrogens is 3. The van der Waals surface area contributed by atoms with Gasteiger partial charge in [-0.05, 0) is 18.2 Å². The molecule has 0 unspecified atom stereocenters. The fourth-order valence-corrected chi connectivity index (χ4v) is 1.29. The SMILES string of the molecule is Cn1nnc2cc(NC(=O)NN)ccc21. The van der Waals surface area contributed by atoms with Gasteiger partial charge in [0.2, 0.25) is 0 Å². The molecule has 0 bridgehead atoms. The molecule has 0 aliphatic rings. The Hall–Kier alpha value is -2.15. The van der Waals surface area contributed by atoms with Crippen LogP contribution in [0.4, 0.5) is 10.5 Å². The number of carbonyl (C=O) groups is 1. The molecule has 1 aromatic carbocycles. The van der Waals surface area contributed by atoms with Crippen LogP contribution in [0.3, 0.4) is 0 Å². The van der Waals surface area contributed by atoms with Crippen molar-refractivity contribution in [1.29, 1.82) is 0 Å². The number of carbonyl (C=O) groups excluding carboxylic acids is 1. The number of hydrazine groups is 1. The van der Waals surface area contributed by atoms with Crippen molar-refractivity contribution < 1.29 is 4.79 Å². The minimum atomic E-state index is -0.474. The smallest absolute Gasteiger partial charge is 0.307 e. The maximum Gasteiger partial charge on any atom is 0.333 e. The topological polar surface area (TPSA) is 97.9 Å². The van der Waals surface area contributed by atoms with Gasteiger partial charge in [-0.1, -0.05) is 5.21 Å². The zero-order valence-electron chi connectivity index (χ0n) is 8.06. The fraction of sp³-hybridized carbons (Fsp3) is 0.125. The largest absolute Gasteiger partial charge is 0.333 e. The molecule has 0 spiro atoms. The number of nitrogens with one attached hydrogen (secondary N) is 2. The van der Waals surface area contributed by atoms with E-state index in [1.807, 2.05) is 11.5 Å². The molecular weight excluding hydrogens is 196 g/mol. The summed E-state index contributed by atoms with van der Waals surface area (Å²) in [7, 11) is 1.80. The summed E-state index contributed by atoms with van der Waals surface area (Å²) in [6.45, 7) is 0. The lowest BCUT2D eigenvalue weighted by molar-refractivity contribution is 0.252. The van der Waals surface area contributed by atoms with Crippen molar-refractivity contribution in [3.63, 3.8) is 0 Å². The van der Waals surface area contributed by atoms with Crippen molar-refractivity contribution in [3.05, 3.63) is 18.2 Å². The number of nitrogens with two attached hydrogens (primary N) is 1. The molecule has 1 heterocycles. The first-order valence-electron chi connectivity index (χ1n) is 4.28. The van der Waals surface area contributed by atoms with E-state index < -0.39 is 6.03 Å². The summed E-state index contributed by atoms with van der Waals surface area (Å²) in [6, 6.07) is 4.82. The number of rotatable bonds is 1. The molecule has 0 atom stereocenters. The average molecular weight is 206 g/mol. The fourth-order valence-electron chi connectivity index (χ4n) is 1.29. The minimum Gasteiger partial charge on any atom is -0.307 e. The first-order chi connectivity index (χ1) is 7.20. The number of hydrogen-bond donors (Lipinski definition) is 3. The van der Waals surface area contributed by atoms with Crippen molar-refractivity contribution in [3.8, 4) is 0 Å². The monoisotopic (exact) mass is 206 g/mol. The van der Waals surface area contributed by atoms with E-state index in [9.17, 15) is 4.79 Å². The number of benzene rings is 1.